The number of nitrogens with one attached hydrogen (secondary N) is 2. The van der Waals surface area contributed by atoms with E-state index in [0.29, 0.717) is 28.3 Å². The predicted molar refractivity (Wildman–Crippen MR) is 114 cm³/mol. The van der Waals surface area contributed by atoms with Gasteiger partial charge in [0.15, 0.2) is 11.5 Å². The van der Waals surface area contributed by atoms with Crippen LogP contribution in [-0.2, 0) is 9.53 Å². The van der Waals surface area contributed by atoms with Gasteiger partial charge in [0.2, 0.25) is 0 Å². The molecule has 1 aliphatic heterocycles. The Morgan fingerprint density at radius 3 is 2.40 bits per heavy atom. The van der Waals surface area contributed by atoms with Crippen LogP contribution >= 0.6 is 11.6 Å². The van der Waals surface area contributed by atoms with Crippen molar-refractivity contribution in [1.29, 1.82) is 0 Å². The molecule has 0 aliphatic carbocycles. The van der Waals surface area contributed by atoms with Gasteiger partial charge in [-0.3, -0.25) is 0 Å². The van der Waals surface area contributed by atoms with Crippen molar-refractivity contribution in [2.75, 3.05) is 14.2 Å². The average molecular weight is 431 g/mol. The van der Waals surface area contributed by atoms with Gasteiger partial charge in [0.05, 0.1) is 42.7 Å². The second kappa shape index (κ2) is 9.09. The van der Waals surface area contributed by atoms with E-state index in [4.69, 9.17) is 25.8 Å². The molecule has 8 heteroatoms. The summed E-state index contributed by atoms with van der Waals surface area (Å²) in [5.41, 5.74) is 1.87. The van der Waals surface area contributed by atoms with Crippen LogP contribution in [0.3, 0.4) is 0 Å². The van der Waals surface area contributed by atoms with Gasteiger partial charge < -0.3 is 24.8 Å². The zero-order valence-electron chi connectivity index (χ0n) is 17.1. The first-order valence-corrected chi connectivity index (χ1v) is 9.73. The van der Waals surface area contributed by atoms with Gasteiger partial charge >= 0.3 is 12.0 Å². The summed E-state index contributed by atoms with van der Waals surface area (Å²) in [6, 6.07) is 11.2. The van der Waals surface area contributed by atoms with Crippen molar-refractivity contribution in [1.82, 2.24) is 10.6 Å². The molecule has 2 amide bonds. The molecule has 0 aromatic heterocycles. The fourth-order valence-corrected chi connectivity index (χ4v) is 3.55. The first-order chi connectivity index (χ1) is 14.3. The van der Waals surface area contributed by atoms with E-state index in [-0.39, 0.29) is 16.7 Å². The highest BCUT2D eigenvalue weighted by atomic mass is 35.5. The number of urea groups is 1. The fraction of sp³-hybridized carbons (Fsp3) is 0.273. The van der Waals surface area contributed by atoms with Crippen molar-refractivity contribution in [3.8, 4) is 11.5 Å². The van der Waals surface area contributed by atoms with E-state index >= 15 is 0 Å². The summed E-state index contributed by atoms with van der Waals surface area (Å²) < 4.78 is 16.1. The zero-order valence-corrected chi connectivity index (χ0v) is 17.9. The van der Waals surface area contributed by atoms with Gasteiger partial charge in [-0.15, -0.1) is 0 Å². The van der Waals surface area contributed by atoms with Gasteiger partial charge in [-0.1, -0.05) is 41.9 Å². The molecule has 2 aromatic carbocycles. The van der Waals surface area contributed by atoms with Crippen molar-refractivity contribution >= 4 is 29.3 Å². The van der Waals surface area contributed by atoms with E-state index in [0.717, 1.165) is 0 Å². The number of hydrogen-bond acceptors (Lipinski definition) is 5. The molecule has 0 saturated heterocycles. The Balaban J connectivity index is 2.22. The molecule has 2 aromatic rings. The van der Waals surface area contributed by atoms with Gasteiger partial charge in [0.1, 0.15) is 0 Å². The first kappa shape index (κ1) is 21.5. The maximum absolute atomic E-state index is 13.1. The topological polar surface area (TPSA) is 85.9 Å². The van der Waals surface area contributed by atoms with E-state index in [9.17, 15) is 9.59 Å². The van der Waals surface area contributed by atoms with E-state index in [1.807, 2.05) is 30.3 Å². The summed E-state index contributed by atoms with van der Waals surface area (Å²) in [5.74, 6) is 0.194. The molecule has 0 radical (unpaired) electrons. The number of carbonyl (C=O) groups is 2. The van der Waals surface area contributed by atoms with Gasteiger partial charge in [-0.05, 0) is 37.1 Å². The minimum Gasteiger partial charge on any atom is -0.493 e. The third kappa shape index (κ3) is 4.36. The molecule has 0 saturated carbocycles. The first-order valence-electron chi connectivity index (χ1n) is 9.35. The maximum atomic E-state index is 13.1. The summed E-state index contributed by atoms with van der Waals surface area (Å²) in [4.78, 5) is 25.6. The molecule has 2 N–H and O–H groups in total. The Bertz CT molecular complexity index is 989. The van der Waals surface area contributed by atoms with Crippen molar-refractivity contribution in [3.05, 3.63) is 64.2 Å². The highest BCUT2D eigenvalue weighted by Gasteiger charge is 2.35. The number of esters is 1. The number of ether oxygens (including phenoxy) is 3. The van der Waals surface area contributed by atoms with Crippen molar-refractivity contribution < 1.29 is 23.8 Å². The number of amides is 2. The molecule has 1 aliphatic rings. The SMILES string of the molecule is COc1cc(C2NC(=O)NC(c3ccccc3)=C2C(=O)OC(C)C)cc(Cl)c1OC. The molecule has 7 nitrogen and oxygen atoms in total. The molecular formula is C22H23ClN2O5. The maximum Gasteiger partial charge on any atom is 0.338 e. The summed E-state index contributed by atoms with van der Waals surface area (Å²) in [7, 11) is 2.96. The lowest BCUT2D eigenvalue weighted by Gasteiger charge is -2.30. The number of methoxy groups -OCH3 is 2. The Kier molecular flexibility index (Phi) is 6.52. The fourth-order valence-electron chi connectivity index (χ4n) is 3.25. The number of hydrogen-bond donors (Lipinski definition) is 2. The van der Waals surface area contributed by atoms with Crippen molar-refractivity contribution in [2.45, 2.75) is 26.0 Å². The minimum absolute atomic E-state index is 0.262. The molecule has 1 atom stereocenters. The van der Waals surface area contributed by atoms with E-state index in [2.05, 4.69) is 10.6 Å². The molecule has 0 bridgehead atoms. The number of carbonyl (C=O) groups excluding carboxylic acids is 2. The Hall–Kier alpha value is -3.19. The summed E-state index contributed by atoms with van der Waals surface area (Å²) >= 11 is 6.37. The lowest BCUT2D eigenvalue weighted by molar-refractivity contribution is -0.143. The highest BCUT2D eigenvalue weighted by molar-refractivity contribution is 6.32. The van der Waals surface area contributed by atoms with Crippen LogP contribution in [0.15, 0.2) is 48.0 Å². The van der Waals surface area contributed by atoms with E-state index in [1.165, 1.54) is 14.2 Å². The summed E-state index contributed by atoms with van der Waals surface area (Å²) in [5, 5.41) is 5.82. The normalized spacial score (nSPS) is 16.1. The molecule has 158 valence electrons. The van der Waals surface area contributed by atoms with Crippen LogP contribution in [0.4, 0.5) is 4.79 Å². The van der Waals surface area contributed by atoms with Crippen LogP contribution in [0.5, 0.6) is 11.5 Å². The second-order valence-corrected chi connectivity index (χ2v) is 7.29. The largest absolute Gasteiger partial charge is 0.493 e. The quantitative estimate of drug-likeness (QED) is 0.674. The van der Waals surface area contributed by atoms with Crippen LogP contribution in [0.2, 0.25) is 5.02 Å². The van der Waals surface area contributed by atoms with Crippen LogP contribution in [0.1, 0.15) is 31.0 Å². The molecule has 3 rings (SSSR count). The molecular weight excluding hydrogens is 408 g/mol. The Morgan fingerprint density at radius 2 is 1.80 bits per heavy atom. The molecule has 1 heterocycles. The Labute approximate surface area is 180 Å². The third-order valence-corrected chi connectivity index (χ3v) is 4.77. The standard InChI is InChI=1S/C22H23ClN2O5/c1-12(2)30-21(26)17-18(13-8-6-5-7-9-13)24-22(27)25-19(17)14-10-15(23)20(29-4)16(11-14)28-3/h5-12,19H,1-4H3,(H2,24,25,27). The van der Waals surface area contributed by atoms with Gasteiger partial charge in [0, 0.05) is 0 Å². The second-order valence-electron chi connectivity index (χ2n) is 6.88. The summed E-state index contributed by atoms with van der Waals surface area (Å²) in [6.45, 7) is 3.52. The summed E-state index contributed by atoms with van der Waals surface area (Å²) in [6.07, 6.45) is -0.339. The lowest BCUT2D eigenvalue weighted by atomic mass is 9.92. The molecule has 0 fully saturated rings. The predicted octanol–water partition coefficient (Wildman–Crippen LogP) is 4.07. The number of benzene rings is 2. The molecule has 1 unspecified atom stereocenters. The highest BCUT2D eigenvalue weighted by Crippen LogP contribution is 2.40. The zero-order chi connectivity index (χ0) is 21.8. The average Bonchev–Trinajstić information content (AvgIpc) is 2.72. The lowest BCUT2D eigenvalue weighted by Crippen LogP contribution is -2.45. The van der Waals surface area contributed by atoms with Gasteiger partial charge in [-0.2, -0.15) is 0 Å². The van der Waals surface area contributed by atoms with E-state index in [1.54, 1.807) is 26.0 Å². The van der Waals surface area contributed by atoms with Gasteiger partial charge in [0.25, 0.3) is 0 Å². The molecule has 30 heavy (non-hydrogen) atoms. The minimum atomic E-state index is -0.808. The van der Waals surface area contributed by atoms with Crippen LogP contribution in [-0.4, -0.2) is 32.3 Å². The van der Waals surface area contributed by atoms with Crippen LogP contribution < -0.4 is 20.1 Å². The third-order valence-electron chi connectivity index (χ3n) is 4.49. The Morgan fingerprint density at radius 1 is 1.10 bits per heavy atom. The molecule has 0 spiro atoms. The van der Waals surface area contributed by atoms with Crippen LogP contribution in [0.25, 0.3) is 5.70 Å². The van der Waals surface area contributed by atoms with Crippen LogP contribution in [0, 0.1) is 0 Å². The van der Waals surface area contributed by atoms with E-state index < -0.39 is 18.0 Å². The van der Waals surface area contributed by atoms with Crippen molar-refractivity contribution in [3.63, 3.8) is 0 Å². The smallest absolute Gasteiger partial charge is 0.338 e. The number of rotatable bonds is 6. The number of halogens is 1. The monoisotopic (exact) mass is 430 g/mol. The van der Waals surface area contributed by atoms with Crippen molar-refractivity contribution in [2.24, 2.45) is 0 Å². The van der Waals surface area contributed by atoms with Gasteiger partial charge in [-0.25, -0.2) is 9.59 Å².